The molecule has 8 nitrogen and oxygen atoms in total. The highest BCUT2D eigenvalue weighted by molar-refractivity contribution is 7.90. The Morgan fingerprint density at radius 3 is 2.70 bits per heavy atom. The number of benzene rings is 2. The number of fused-ring (bicyclic) bond motifs is 3. The van der Waals surface area contributed by atoms with E-state index in [4.69, 9.17) is 16.3 Å². The zero-order valence-electron chi connectivity index (χ0n) is 26.4. The van der Waals surface area contributed by atoms with Crippen LogP contribution in [0.3, 0.4) is 0 Å². The molecule has 2 bridgehead atoms. The summed E-state index contributed by atoms with van der Waals surface area (Å²) in [5.74, 6) is -0.266. The van der Waals surface area contributed by atoms with E-state index in [0.717, 1.165) is 54.5 Å². The van der Waals surface area contributed by atoms with Crippen molar-refractivity contribution < 1.29 is 23.1 Å². The fourth-order valence-corrected chi connectivity index (χ4v) is 8.48. The highest BCUT2D eigenvalue weighted by Gasteiger charge is 2.47. The van der Waals surface area contributed by atoms with E-state index in [1.807, 2.05) is 49.4 Å². The third kappa shape index (κ3) is 6.68. The van der Waals surface area contributed by atoms with E-state index < -0.39 is 26.8 Å². The molecule has 3 heterocycles. The van der Waals surface area contributed by atoms with Gasteiger partial charge in [0.1, 0.15) is 18.0 Å². The first-order chi connectivity index (χ1) is 22.0. The van der Waals surface area contributed by atoms with Crippen LogP contribution in [0, 0.1) is 17.8 Å². The van der Waals surface area contributed by atoms with Crippen molar-refractivity contribution in [3.8, 4) is 5.75 Å². The van der Waals surface area contributed by atoms with Gasteiger partial charge in [-0.3, -0.25) is 9.78 Å². The van der Waals surface area contributed by atoms with Gasteiger partial charge in [0.2, 0.25) is 10.0 Å². The van der Waals surface area contributed by atoms with Crippen LogP contribution in [0.25, 0.3) is 0 Å². The number of nitrogens with one attached hydrogen (secondary N) is 1. The third-order valence-electron chi connectivity index (χ3n) is 10.2. The van der Waals surface area contributed by atoms with Crippen molar-refractivity contribution in [2.45, 2.75) is 69.8 Å². The maximum atomic E-state index is 13.4. The molecule has 1 amide bonds. The minimum absolute atomic E-state index is 0.0715. The number of amides is 1. The first kappa shape index (κ1) is 32.5. The van der Waals surface area contributed by atoms with Gasteiger partial charge in [-0.05, 0) is 105 Å². The molecular formula is C36H42ClN3O5S. The molecule has 1 aliphatic carbocycles. The molecule has 244 valence electrons. The molecule has 0 radical (unpaired) electrons. The van der Waals surface area contributed by atoms with Crippen LogP contribution < -0.4 is 14.4 Å². The molecular weight excluding hydrogens is 622 g/mol. The van der Waals surface area contributed by atoms with Gasteiger partial charge in [-0.15, -0.1) is 0 Å². The summed E-state index contributed by atoms with van der Waals surface area (Å²) in [6.07, 6.45) is 12.0. The minimum Gasteiger partial charge on any atom is -0.487 e. The fourth-order valence-electron chi connectivity index (χ4n) is 7.00. The molecule has 2 N–H and O–H groups in total. The molecule has 0 spiro atoms. The summed E-state index contributed by atoms with van der Waals surface area (Å²) in [6, 6.07) is 14.8. The highest BCUT2D eigenvalue weighted by Crippen LogP contribution is 2.49. The number of ether oxygens (including phenoxy) is 1. The molecule has 6 rings (SSSR count). The second-order valence-corrected chi connectivity index (χ2v) is 15.6. The number of rotatable bonds is 1. The van der Waals surface area contributed by atoms with Crippen LogP contribution in [0.4, 0.5) is 5.69 Å². The average molecular weight is 664 g/mol. The Bertz CT molecular complexity index is 1720. The number of anilines is 1. The lowest BCUT2D eigenvalue weighted by atomic mass is 9.62. The number of nitrogens with zero attached hydrogens (tertiary/aromatic N) is 2. The molecule has 2 aliphatic heterocycles. The van der Waals surface area contributed by atoms with E-state index in [2.05, 4.69) is 14.6 Å². The fraction of sp³-hybridized carbons (Fsp3) is 0.444. The number of carbonyl (C=O) groups is 1. The van der Waals surface area contributed by atoms with E-state index in [-0.39, 0.29) is 23.3 Å². The Kier molecular flexibility index (Phi) is 9.46. The lowest BCUT2D eigenvalue weighted by Crippen LogP contribution is -2.48. The van der Waals surface area contributed by atoms with Crippen LogP contribution >= 0.6 is 11.6 Å². The third-order valence-corrected chi connectivity index (χ3v) is 12.4. The molecule has 1 saturated carbocycles. The lowest BCUT2D eigenvalue weighted by molar-refractivity contribution is -0.0500. The van der Waals surface area contributed by atoms with Gasteiger partial charge in [-0.1, -0.05) is 42.8 Å². The van der Waals surface area contributed by atoms with Crippen LogP contribution in [0.15, 0.2) is 73.1 Å². The molecule has 3 aliphatic rings. The van der Waals surface area contributed by atoms with Crippen LogP contribution in [0.2, 0.25) is 5.02 Å². The van der Waals surface area contributed by atoms with Gasteiger partial charge in [-0.25, -0.2) is 13.1 Å². The topological polar surface area (TPSA) is 109 Å². The summed E-state index contributed by atoms with van der Waals surface area (Å²) in [6.45, 7) is 5.14. The van der Waals surface area contributed by atoms with Crippen molar-refractivity contribution in [2.75, 3.05) is 18.0 Å². The first-order valence-electron chi connectivity index (χ1n) is 16.2. The first-order valence-corrected chi connectivity index (χ1v) is 18.1. The van der Waals surface area contributed by atoms with Gasteiger partial charge < -0.3 is 14.7 Å². The second-order valence-electron chi connectivity index (χ2n) is 13.1. The maximum absolute atomic E-state index is 13.4. The Morgan fingerprint density at radius 2 is 1.93 bits per heavy atom. The van der Waals surface area contributed by atoms with E-state index in [0.29, 0.717) is 36.9 Å². The number of halogens is 1. The van der Waals surface area contributed by atoms with E-state index >= 15 is 0 Å². The monoisotopic (exact) mass is 663 g/mol. The number of aryl methyl sites for hydroxylation is 1. The maximum Gasteiger partial charge on any atom is 0.264 e. The minimum atomic E-state index is -3.99. The van der Waals surface area contributed by atoms with Gasteiger partial charge in [-0.2, -0.15) is 0 Å². The molecule has 3 aromatic rings. The summed E-state index contributed by atoms with van der Waals surface area (Å²) in [5, 5.41) is 12.2. The van der Waals surface area contributed by atoms with Gasteiger partial charge in [0.25, 0.3) is 5.91 Å². The Morgan fingerprint density at radius 1 is 1.09 bits per heavy atom. The van der Waals surface area contributed by atoms with E-state index in [1.165, 1.54) is 0 Å². The summed E-state index contributed by atoms with van der Waals surface area (Å²) >= 11 is 6.34. The smallest absolute Gasteiger partial charge is 0.264 e. The normalized spacial score (nSPS) is 29.0. The number of carbonyl (C=O) groups excluding carboxylic acids is 1. The molecule has 10 heteroatoms. The van der Waals surface area contributed by atoms with Gasteiger partial charge >= 0.3 is 0 Å². The number of pyridine rings is 1. The van der Waals surface area contributed by atoms with Crippen molar-refractivity contribution in [3.63, 3.8) is 0 Å². The van der Waals surface area contributed by atoms with Crippen LogP contribution in [-0.4, -0.2) is 42.8 Å². The van der Waals surface area contributed by atoms with Crippen molar-refractivity contribution in [1.82, 2.24) is 9.71 Å². The Labute approximate surface area is 276 Å². The number of aliphatic hydroxyl groups is 1. The second kappa shape index (κ2) is 13.4. The van der Waals surface area contributed by atoms with Crippen LogP contribution in [0.1, 0.15) is 73.0 Å². The molecule has 2 aromatic carbocycles. The van der Waals surface area contributed by atoms with Crippen molar-refractivity contribution in [2.24, 2.45) is 17.8 Å². The number of hydrogen-bond acceptors (Lipinski definition) is 7. The molecule has 46 heavy (non-hydrogen) atoms. The molecule has 1 fully saturated rings. The quantitative estimate of drug-likeness (QED) is 0.290. The molecule has 1 aromatic heterocycles. The largest absolute Gasteiger partial charge is 0.487 e. The summed E-state index contributed by atoms with van der Waals surface area (Å²) < 4.78 is 35.5. The standard InChI is InChI=1S/C36H42ClN3O5S/c1-24-7-5-16-36(42,30-9-6-17-38-21-30)32-14-11-28(32)22-40-18-4-3-8-26-19-31(37)13-10-29(26)23-45-34-15-12-27(20-33(34)40)35(41)39-46(43,44)25(24)2/h5-6,9-10,12-13,15-17,19-21,24-25,28,32,42H,3-4,7-8,11,14,18,22-23H2,1-2H3,(H,39,41)/b16-5+/t24-,25+,28-,32+,36-/m0/s1. The van der Waals surface area contributed by atoms with Gasteiger partial charge in [0, 0.05) is 47.6 Å². The number of sulfonamides is 1. The SMILES string of the molecule is C[C@@H]1[C@@H](C)C/C=C/[C@](O)(c2cccnc2)[C@@H]2CC[C@H]2CN2CCCCc3cc(Cl)ccc3COc3ccc(cc32)C(=O)NS1(=O)=O. The Hall–Kier alpha value is -3.40. The molecule has 0 saturated heterocycles. The Balaban J connectivity index is 1.43. The van der Waals surface area contributed by atoms with E-state index in [9.17, 15) is 18.3 Å². The zero-order valence-corrected chi connectivity index (χ0v) is 27.9. The summed E-state index contributed by atoms with van der Waals surface area (Å²) in [5.41, 5.74) is 2.67. The summed E-state index contributed by atoms with van der Waals surface area (Å²) in [4.78, 5) is 20.0. The predicted octanol–water partition coefficient (Wildman–Crippen LogP) is 6.41. The zero-order chi connectivity index (χ0) is 32.5. The average Bonchev–Trinajstić information content (AvgIpc) is 3.05. The molecule has 0 unspecified atom stereocenters. The van der Waals surface area contributed by atoms with Gasteiger partial charge in [0.15, 0.2) is 0 Å². The number of hydrogen-bond donors (Lipinski definition) is 2. The van der Waals surface area contributed by atoms with Crippen molar-refractivity contribution in [3.05, 3.63) is 100 Å². The van der Waals surface area contributed by atoms with Crippen molar-refractivity contribution >= 4 is 33.2 Å². The van der Waals surface area contributed by atoms with Crippen molar-refractivity contribution in [1.29, 1.82) is 0 Å². The van der Waals surface area contributed by atoms with Gasteiger partial charge in [0.05, 0.1) is 10.9 Å². The molecule has 5 atom stereocenters. The number of allylic oxidation sites excluding steroid dienone is 1. The predicted molar refractivity (Wildman–Crippen MR) is 180 cm³/mol. The lowest BCUT2D eigenvalue weighted by Gasteiger charge is -2.48. The summed E-state index contributed by atoms with van der Waals surface area (Å²) in [7, 11) is -3.99. The van der Waals surface area contributed by atoms with Crippen LogP contribution in [-0.2, 0) is 28.7 Å². The highest BCUT2D eigenvalue weighted by atomic mass is 35.5. The van der Waals surface area contributed by atoms with Crippen LogP contribution in [0.5, 0.6) is 5.75 Å². The number of aromatic nitrogens is 1. The van der Waals surface area contributed by atoms with E-state index in [1.54, 1.807) is 37.5 Å².